The minimum atomic E-state index is -0.285. The highest BCUT2D eigenvalue weighted by Crippen LogP contribution is 2.08. The molecule has 2 N–H and O–H groups in total. The largest absolute Gasteiger partial charge is 0.360 e. The molecule has 19 heavy (non-hydrogen) atoms. The Kier molecular flexibility index (Phi) is 4.27. The minimum absolute atomic E-state index is 0.0645. The molecular weight excluding hydrogens is 246 g/mol. The van der Waals surface area contributed by atoms with Crippen LogP contribution in [0, 0.1) is 0 Å². The summed E-state index contributed by atoms with van der Waals surface area (Å²) in [4.78, 5) is 24.9. The number of amides is 2. The van der Waals surface area contributed by atoms with E-state index in [1.54, 1.807) is 12.1 Å². The highest BCUT2D eigenvalue weighted by molar-refractivity contribution is 5.91. The molecule has 102 valence electrons. The third kappa shape index (κ3) is 3.40. The average Bonchev–Trinajstić information content (AvgIpc) is 2.98. The number of anilines is 1. The van der Waals surface area contributed by atoms with Gasteiger partial charge in [0.05, 0.1) is 6.54 Å². The van der Waals surface area contributed by atoms with Crippen LogP contribution >= 0.6 is 0 Å². The molecule has 0 atom stereocenters. The predicted octanol–water partition coefficient (Wildman–Crippen LogP) is -0.130. The van der Waals surface area contributed by atoms with Gasteiger partial charge in [0.25, 0.3) is 5.91 Å². The molecule has 0 bridgehead atoms. The van der Waals surface area contributed by atoms with Crippen LogP contribution in [0.15, 0.2) is 12.1 Å². The third-order valence-corrected chi connectivity index (χ3v) is 3.00. The van der Waals surface area contributed by atoms with Gasteiger partial charge in [-0.1, -0.05) is 0 Å². The maximum Gasteiger partial charge on any atom is 0.271 e. The molecule has 0 radical (unpaired) electrons. The highest BCUT2D eigenvalue weighted by atomic mass is 16.2. The molecule has 1 aromatic heterocycles. The first-order valence-corrected chi connectivity index (χ1v) is 6.28. The maximum atomic E-state index is 11.8. The second-order valence-electron chi connectivity index (χ2n) is 4.32. The van der Waals surface area contributed by atoms with Gasteiger partial charge in [-0.3, -0.25) is 9.59 Å². The summed E-state index contributed by atoms with van der Waals surface area (Å²) in [5.41, 5.74) is 0.249. The Balaban J connectivity index is 1.85. The summed E-state index contributed by atoms with van der Waals surface area (Å²) in [6, 6.07) is 3.20. The summed E-state index contributed by atoms with van der Waals surface area (Å²) in [5.74, 6) is 0.266. The molecule has 0 aliphatic carbocycles. The van der Waals surface area contributed by atoms with E-state index >= 15 is 0 Å². The summed E-state index contributed by atoms with van der Waals surface area (Å²) in [7, 11) is 1.53. The van der Waals surface area contributed by atoms with E-state index in [0.717, 1.165) is 25.9 Å². The van der Waals surface area contributed by atoms with Crippen LogP contribution in [0.4, 0.5) is 5.82 Å². The van der Waals surface area contributed by atoms with E-state index < -0.39 is 0 Å². The molecule has 0 saturated carbocycles. The zero-order valence-electron chi connectivity index (χ0n) is 10.8. The minimum Gasteiger partial charge on any atom is -0.360 e. The van der Waals surface area contributed by atoms with Gasteiger partial charge >= 0.3 is 0 Å². The number of hydrogen-bond acceptors (Lipinski definition) is 5. The van der Waals surface area contributed by atoms with Crippen molar-refractivity contribution in [1.82, 2.24) is 20.4 Å². The van der Waals surface area contributed by atoms with Gasteiger partial charge in [0.15, 0.2) is 5.69 Å². The Labute approximate surface area is 111 Å². The molecule has 7 heteroatoms. The molecule has 0 unspecified atom stereocenters. The summed E-state index contributed by atoms with van der Waals surface area (Å²) in [6.45, 7) is 1.87. The molecule has 1 aliphatic rings. The number of likely N-dealkylation sites (tertiary alicyclic amines) is 1. The number of hydrogen-bond donors (Lipinski definition) is 2. The van der Waals surface area contributed by atoms with Crippen molar-refractivity contribution in [3.63, 3.8) is 0 Å². The molecule has 1 saturated heterocycles. The molecule has 1 fully saturated rings. The maximum absolute atomic E-state index is 11.8. The lowest BCUT2D eigenvalue weighted by molar-refractivity contribution is -0.128. The van der Waals surface area contributed by atoms with Crippen molar-refractivity contribution in [3.8, 4) is 0 Å². The molecule has 2 amide bonds. The quantitative estimate of drug-likeness (QED) is 0.790. The lowest BCUT2D eigenvalue weighted by Gasteiger charge is -2.15. The smallest absolute Gasteiger partial charge is 0.271 e. The van der Waals surface area contributed by atoms with Gasteiger partial charge in [0.2, 0.25) is 5.91 Å². The summed E-state index contributed by atoms with van der Waals surface area (Å²) in [5, 5.41) is 13.0. The van der Waals surface area contributed by atoms with Gasteiger partial charge in [-0.2, -0.15) is 0 Å². The molecule has 2 heterocycles. The Morgan fingerprint density at radius 2 is 2.00 bits per heavy atom. The van der Waals surface area contributed by atoms with Crippen LogP contribution in [-0.4, -0.2) is 53.6 Å². The summed E-state index contributed by atoms with van der Waals surface area (Å²) < 4.78 is 0. The van der Waals surface area contributed by atoms with Crippen LogP contribution in [-0.2, 0) is 4.79 Å². The van der Waals surface area contributed by atoms with E-state index in [2.05, 4.69) is 20.8 Å². The number of nitrogens with zero attached hydrogens (tertiary/aromatic N) is 3. The van der Waals surface area contributed by atoms with Gasteiger partial charge < -0.3 is 15.5 Å². The van der Waals surface area contributed by atoms with Crippen molar-refractivity contribution in [2.75, 3.05) is 32.0 Å². The first-order chi connectivity index (χ1) is 9.20. The van der Waals surface area contributed by atoms with Gasteiger partial charge in [0.1, 0.15) is 5.82 Å². The number of nitrogens with one attached hydrogen (secondary N) is 2. The fourth-order valence-corrected chi connectivity index (χ4v) is 1.92. The molecule has 1 aliphatic heterocycles. The second-order valence-corrected chi connectivity index (χ2v) is 4.32. The van der Waals surface area contributed by atoms with Crippen molar-refractivity contribution < 1.29 is 9.59 Å². The SMILES string of the molecule is CNC(=O)c1ccc(NCC(=O)N2CCCC2)nn1. The van der Waals surface area contributed by atoms with E-state index in [-0.39, 0.29) is 24.1 Å². The number of carbonyl (C=O) groups is 2. The van der Waals surface area contributed by atoms with Crippen LogP contribution in [0.3, 0.4) is 0 Å². The Morgan fingerprint density at radius 1 is 1.26 bits per heavy atom. The van der Waals surface area contributed by atoms with Crippen molar-refractivity contribution in [3.05, 3.63) is 17.8 Å². The van der Waals surface area contributed by atoms with Crippen molar-refractivity contribution >= 4 is 17.6 Å². The molecule has 0 aromatic carbocycles. The number of carbonyl (C=O) groups excluding carboxylic acids is 2. The molecule has 2 rings (SSSR count). The van der Waals surface area contributed by atoms with Gasteiger partial charge in [0, 0.05) is 20.1 Å². The van der Waals surface area contributed by atoms with Crippen LogP contribution in [0.1, 0.15) is 23.3 Å². The van der Waals surface area contributed by atoms with Crippen molar-refractivity contribution in [2.45, 2.75) is 12.8 Å². The molecule has 1 aromatic rings. The topological polar surface area (TPSA) is 87.2 Å². The normalized spacial score (nSPS) is 14.3. The zero-order chi connectivity index (χ0) is 13.7. The fourth-order valence-electron chi connectivity index (χ4n) is 1.92. The van der Waals surface area contributed by atoms with Crippen LogP contribution in [0.25, 0.3) is 0 Å². The van der Waals surface area contributed by atoms with Crippen molar-refractivity contribution in [1.29, 1.82) is 0 Å². The van der Waals surface area contributed by atoms with Gasteiger partial charge in [-0.25, -0.2) is 0 Å². The van der Waals surface area contributed by atoms with Crippen LogP contribution < -0.4 is 10.6 Å². The first-order valence-electron chi connectivity index (χ1n) is 6.28. The van der Waals surface area contributed by atoms with E-state index in [1.165, 1.54) is 7.05 Å². The van der Waals surface area contributed by atoms with Crippen LogP contribution in [0.5, 0.6) is 0 Å². The summed E-state index contributed by atoms with van der Waals surface area (Å²) in [6.07, 6.45) is 2.15. The van der Waals surface area contributed by atoms with Crippen LogP contribution in [0.2, 0.25) is 0 Å². The molecule has 0 spiro atoms. The zero-order valence-corrected chi connectivity index (χ0v) is 10.8. The Bertz CT molecular complexity index is 454. The fraction of sp³-hybridized carbons (Fsp3) is 0.500. The average molecular weight is 263 g/mol. The Hall–Kier alpha value is -2.18. The van der Waals surface area contributed by atoms with E-state index in [0.29, 0.717) is 5.82 Å². The monoisotopic (exact) mass is 263 g/mol. The predicted molar refractivity (Wildman–Crippen MR) is 69.7 cm³/mol. The number of aromatic nitrogens is 2. The summed E-state index contributed by atoms with van der Waals surface area (Å²) >= 11 is 0. The van der Waals surface area contributed by atoms with E-state index in [1.807, 2.05) is 4.90 Å². The number of rotatable bonds is 4. The Morgan fingerprint density at radius 3 is 2.58 bits per heavy atom. The lowest BCUT2D eigenvalue weighted by atomic mass is 10.3. The van der Waals surface area contributed by atoms with Gasteiger partial charge in [-0.05, 0) is 25.0 Å². The third-order valence-electron chi connectivity index (χ3n) is 3.00. The lowest BCUT2D eigenvalue weighted by Crippen LogP contribution is -2.33. The molecule has 7 nitrogen and oxygen atoms in total. The van der Waals surface area contributed by atoms with Crippen molar-refractivity contribution in [2.24, 2.45) is 0 Å². The second kappa shape index (κ2) is 6.12. The van der Waals surface area contributed by atoms with E-state index in [4.69, 9.17) is 0 Å². The first kappa shape index (κ1) is 13.3. The molecular formula is C12H17N5O2. The standard InChI is InChI=1S/C12H17N5O2/c1-13-12(19)9-4-5-10(16-15-9)14-8-11(18)17-6-2-3-7-17/h4-5H,2-3,6-8H2,1H3,(H,13,19)(H,14,16). The van der Waals surface area contributed by atoms with E-state index in [9.17, 15) is 9.59 Å². The van der Waals surface area contributed by atoms with Gasteiger partial charge in [-0.15, -0.1) is 10.2 Å². The highest BCUT2D eigenvalue weighted by Gasteiger charge is 2.17.